The summed E-state index contributed by atoms with van der Waals surface area (Å²) in [6.07, 6.45) is 6.59. The third-order valence-corrected chi connectivity index (χ3v) is 4.23. The lowest BCUT2D eigenvalue weighted by Gasteiger charge is -2.28. The van der Waals surface area contributed by atoms with E-state index in [0.29, 0.717) is 0 Å². The number of rotatable bonds is 7. The molecule has 0 aliphatic carbocycles. The van der Waals surface area contributed by atoms with Crippen molar-refractivity contribution in [2.45, 2.75) is 32.1 Å². The summed E-state index contributed by atoms with van der Waals surface area (Å²) in [4.78, 5) is 2.45. The van der Waals surface area contributed by atoms with Crippen molar-refractivity contribution in [3.8, 4) is 0 Å². The van der Waals surface area contributed by atoms with Crippen molar-refractivity contribution in [3.05, 3.63) is 35.9 Å². The summed E-state index contributed by atoms with van der Waals surface area (Å²) < 4.78 is 0. The van der Waals surface area contributed by atoms with Crippen LogP contribution in [0.5, 0.6) is 0 Å². The molecule has 0 spiro atoms. The lowest BCUT2D eigenvalue weighted by Crippen LogP contribution is -2.31. The molecule has 0 unspecified atom stereocenters. The predicted octanol–water partition coefficient (Wildman–Crippen LogP) is 2.94. The largest absolute Gasteiger partial charge is 0.317 e. The fourth-order valence-corrected chi connectivity index (χ4v) is 2.84. The normalized spacial score (nSPS) is 17.7. The Bertz CT molecular complexity index is 328. The molecule has 0 aromatic heterocycles. The van der Waals surface area contributed by atoms with Gasteiger partial charge in [0.25, 0.3) is 0 Å². The number of piperidine rings is 1. The molecule has 0 bridgehead atoms. The fraction of sp³-hybridized carbons (Fsp3) is 0.647. The molecule has 1 N–H and O–H groups in total. The van der Waals surface area contributed by atoms with Gasteiger partial charge >= 0.3 is 0 Å². The quantitative estimate of drug-likeness (QED) is 0.758. The zero-order valence-corrected chi connectivity index (χ0v) is 12.3. The lowest BCUT2D eigenvalue weighted by molar-refractivity contribution is 0.211. The van der Waals surface area contributed by atoms with E-state index >= 15 is 0 Å². The molecule has 0 atom stereocenters. The van der Waals surface area contributed by atoms with Crippen LogP contribution in [-0.4, -0.2) is 38.1 Å². The Balaban J connectivity index is 1.46. The van der Waals surface area contributed by atoms with E-state index in [-0.39, 0.29) is 0 Å². The predicted molar refractivity (Wildman–Crippen MR) is 82.5 cm³/mol. The van der Waals surface area contributed by atoms with Crippen LogP contribution in [0, 0.1) is 5.92 Å². The van der Waals surface area contributed by atoms with Gasteiger partial charge in [-0.15, -0.1) is 0 Å². The maximum Gasteiger partial charge on any atom is -0.00191 e. The van der Waals surface area contributed by atoms with E-state index < -0.39 is 0 Å². The topological polar surface area (TPSA) is 15.3 Å². The van der Waals surface area contributed by atoms with E-state index in [1.165, 1.54) is 57.3 Å². The van der Waals surface area contributed by atoms with Gasteiger partial charge in [0, 0.05) is 0 Å². The molecule has 1 fully saturated rings. The summed E-state index contributed by atoms with van der Waals surface area (Å²) in [7, 11) is 2.23. The molecule has 2 rings (SSSR count). The zero-order chi connectivity index (χ0) is 13.3. The molecule has 0 radical (unpaired) electrons. The van der Waals surface area contributed by atoms with Gasteiger partial charge in [-0.1, -0.05) is 30.3 Å². The highest BCUT2D eigenvalue weighted by Gasteiger charge is 2.15. The van der Waals surface area contributed by atoms with E-state index in [1.807, 2.05) is 0 Å². The first kappa shape index (κ1) is 14.5. The summed E-state index contributed by atoms with van der Waals surface area (Å²) in [5.41, 5.74) is 1.46. The molecular formula is C17H28N2. The van der Waals surface area contributed by atoms with Crippen LogP contribution >= 0.6 is 0 Å². The van der Waals surface area contributed by atoms with E-state index in [0.717, 1.165) is 12.5 Å². The molecule has 19 heavy (non-hydrogen) atoms. The first-order valence-corrected chi connectivity index (χ1v) is 7.78. The summed E-state index contributed by atoms with van der Waals surface area (Å²) in [5.74, 6) is 0.956. The van der Waals surface area contributed by atoms with Gasteiger partial charge in [-0.25, -0.2) is 0 Å². The smallest absolute Gasteiger partial charge is 0.00191 e. The Morgan fingerprint density at radius 2 is 1.84 bits per heavy atom. The van der Waals surface area contributed by atoms with Gasteiger partial charge in [0.15, 0.2) is 0 Å². The van der Waals surface area contributed by atoms with Crippen LogP contribution in [-0.2, 0) is 6.42 Å². The number of hydrogen-bond acceptors (Lipinski definition) is 2. The Morgan fingerprint density at radius 1 is 1.11 bits per heavy atom. The van der Waals surface area contributed by atoms with Gasteiger partial charge < -0.3 is 10.2 Å². The molecule has 1 saturated heterocycles. The third-order valence-electron chi connectivity index (χ3n) is 4.23. The Hall–Kier alpha value is -0.860. The van der Waals surface area contributed by atoms with Crippen molar-refractivity contribution in [2.75, 3.05) is 33.2 Å². The van der Waals surface area contributed by atoms with Crippen LogP contribution in [0.2, 0.25) is 0 Å². The number of benzene rings is 1. The van der Waals surface area contributed by atoms with Crippen molar-refractivity contribution in [2.24, 2.45) is 5.92 Å². The summed E-state index contributed by atoms with van der Waals surface area (Å²) >= 11 is 0. The van der Waals surface area contributed by atoms with Crippen LogP contribution in [0.1, 0.15) is 31.2 Å². The second-order valence-corrected chi connectivity index (χ2v) is 5.87. The van der Waals surface area contributed by atoms with Crippen LogP contribution in [0.15, 0.2) is 30.3 Å². The number of aryl methyl sites for hydroxylation is 1. The zero-order valence-electron chi connectivity index (χ0n) is 12.3. The standard InChI is InChI=1S/C17H28N2/c1-19-14-10-17(11-15-19)9-13-18-12-5-8-16-6-3-2-4-7-16/h2-4,6-7,17-18H,5,8-15H2,1H3. The van der Waals surface area contributed by atoms with E-state index in [1.54, 1.807) is 0 Å². The summed E-state index contributed by atoms with van der Waals surface area (Å²) in [6.45, 7) is 4.93. The van der Waals surface area contributed by atoms with Gasteiger partial charge in [0.2, 0.25) is 0 Å². The molecule has 1 heterocycles. The first-order chi connectivity index (χ1) is 9.34. The number of likely N-dealkylation sites (tertiary alicyclic amines) is 1. The molecule has 1 aromatic rings. The molecule has 0 saturated carbocycles. The van der Waals surface area contributed by atoms with Crippen molar-refractivity contribution in [3.63, 3.8) is 0 Å². The molecular weight excluding hydrogens is 232 g/mol. The van der Waals surface area contributed by atoms with Crippen molar-refractivity contribution in [1.29, 1.82) is 0 Å². The monoisotopic (exact) mass is 260 g/mol. The van der Waals surface area contributed by atoms with E-state index in [9.17, 15) is 0 Å². The average molecular weight is 260 g/mol. The first-order valence-electron chi connectivity index (χ1n) is 7.78. The Morgan fingerprint density at radius 3 is 2.58 bits per heavy atom. The summed E-state index contributed by atoms with van der Waals surface area (Å²) in [5, 5.41) is 3.60. The second-order valence-electron chi connectivity index (χ2n) is 5.87. The molecule has 2 heteroatoms. The fourth-order valence-electron chi connectivity index (χ4n) is 2.84. The molecule has 2 nitrogen and oxygen atoms in total. The minimum absolute atomic E-state index is 0.956. The summed E-state index contributed by atoms with van der Waals surface area (Å²) in [6, 6.07) is 10.8. The highest BCUT2D eigenvalue weighted by Crippen LogP contribution is 2.18. The van der Waals surface area contributed by atoms with Gasteiger partial charge in [-0.2, -0.15) is 0 Å². The number of nitrogens with zero attached hydrogens (tertiary/aromatic N) is 1. The van der Waals surface area contributed by atoms with Crippen LogP contribution < -0.4 is 5.32 Å². The Labute approximate surface area is 118 Å². The third kappa shape index (κ3) is 5.75. The maximum atomic E-state index is 3.60. The second kappa shape index (κ2) is 8.34. The van der Waals surface area contributed by atoms with Crippen molar-refractivity contribution in [1.82, 2.24) is 10.2 Å². The maximum absolute atomic E-state index is 3.60. The molecule has 106 valence electrons. The van der Waals surface area contributed by atoms with Crippen molar-refractivity contribution >= 4 is 0 Å². The minimum Gasteiger partial charge on any atom is -0.317 e. The van der Waals surface area contributed by atoms with Crippen LogP contribution in [0.25, 0.3) is 0 Å². The molecule has 1 aliphatic rings. The lowest BCUT2D eigenvalue weighted by atomic mass is 9.94. The van der Waals surface area contributed by atoms with Gasteiger partial charge in [-0.05, 0) is 76.8 Å². The highest BCUT2D eigenvalue weighted by molar-refractivity contribution is 5.14. The molecule has 0 amide bonds. The van der Waals surface area contributed by atoms with Crippen LogP contribution in [0.4, 0.5) is 0 Å². The Kier molecular flexibility index (Phi) is 6.38. The van der Waals surface area contributed by atoms with E-state index in [4.69, 9.17) is 0 Å². The van der Waals surface area contributed by atoms with Gasteiger partial charge in [0.1, 0.15) is 0 Å². The SMILES string of the molecule is CN1CCC(CCNCCCc2ccccc2)CC1. The van der Waals surface area contributed by atoms with Crippen LogP contribution in [0.3, 0.4) is 0 Å². The number of nitrogens with one attached hydrogen (secondary N) is 1. The molecule has 1 aromatic carbocycles. The van der Waals surface area contributed by atoms with Gasteiger partial charge in [0.05, 0.1) is 0 Å². The highest BCUT2D eigenvalue weighted by atomic mass is 15.1. The van der Waals surface area contributed by atoms with Gasteiger partial charge in [-0.3, -0.25) is 0 Å². The number of hydrogen-bond donors (Lipinski definition) is 1. The average Bonchev–Trinajstić information content (AvgIpc) is 2.46. The minimum atomic E-state index is 0.956. The van der Waals surface area contributed by atoms with Crippen molar-refractivity contribution < 1.29 is 0 Å². The molecule has 1 aliphatic heterocycles. The van der Waals surface area contributed by atoms with E-state index in [2.05, 4.69) is 47.6 Å².